The molecule has 0 aromatic heterocycles. The molecule has 1 atom stereocenters. The average molecular weight is 379 g/mol. The molecule has 0 spiro atoms. The predicted molar refractivity (Wildman–Crippen MR) is 107 cm³/mol. The van der Waals surface area contributed by atoms with Crippen molar-refractivity contribution in [2.24, 2.45) is 0 Å². The number of benzene rings is 2. The van der Waals surface area contributed by atoms with Crippen LogP contribution < -0.4 is 10.1 Å². The monoisotopic (exact) mass is 379 g/mol. The number of hydrogen-bond acceptors (Lipinski definition) is 4. The van der Waals surface area contributed by atoms with Crippen molar-refractivity contribution in [1.29, 1.82) is 0 Å². The van der Waals surface area contributed by atoms with E-state index in [0.717, 1.165) is 19.6 Å². The second-order valence-electron chi connectivity index (χ2n) is 7.44. The minimum absolute atomic E-state index is 0.0327. The van der Waals surface area contributed by atoms with Gasteiger partial charge in [-0.25, -0.2) is 0 Å². The summed E-state index contributed by atoms with van der Waals surface area (Å²) in [4.78, 5) is 29.1. The molecule has 0 aliphatic carbocycles. The molecule has 1 N–H and O–H groups in total. The highest BCUT2D eigenvalue weighted by Gasteiger charge is 2.32. The Balaban J connectivity index is 1.29. The van der Waals surface area contributed by atoms with Crippen molar-refractivity contribution >= 4 is 17.5 Å². The van der Waals surface area contributed by atoms with Gasteiger partial charge in [-0.3, -0.25) is 14.5 Å². The Kier molecular flexibility index (Phi) is 5.30. The van der Waals surface area contributed by atoms with Crippen LogP contribution in [-0.4, -0.2) is 53.9 Å². The van der Waals surface area contributed by atoms with Crippen molar-refractivity contribution in [3.05, 3.63) is 59.7 Å². The van der Waals surface area contributed by atoms with E-state index in [1.165, 1.54) is 11.1 Å². The van der Waals surface area contributed by atoms with Crippen LogP contribution in [0.1, 0.15) is 17.5 Å². The summed E-state index contributed by atoms with van der Waals surface area (Å²) in [6.45, 7) is 6.02. The van der Waals surface area contributed by atoms with Gasteiger partial charge in [0.25, 0.3) is 5.91 Å². The lowest BCUT2D eigenvalue weighted by atomic mass is 10.1. The highest BCUT2D eigenvalue weighted by molar-refractivity contribution is 5.99. The first-order chi connectivity index (χ1) is 13.6. The molecule has 6 heteroatoms. The standard InChI is InChI=1S/C22H25N3O3/c1-16-5-4-6-17(13-16)15-24-9-11-25(12-10-24)21(26)14-20-22(27)23-18-7-2-3-8-19(18)28-20/h2-8,13,20H,9-12,14-15H2,1H3,(H,23,27)/t20-/m0/s1. The van der Waals surface area contributed by atoms with Crippen molar-refractivity contribution in [1.82, 2.24) is 9.80 Å². The van der Waals surface area contributed by atoms with Gasteiger partial charge in [-0.05, 0) is 24.6 Å². The van der Waals surface area contributed by atoms with Gasteiger partial charge >= 0.3 is 0 Å². The zero-order chi connectivity index (χ0) is 19.5. The number of ether oxygens (including phenoxy) is 1. The van der Waals surface area contributed by atoms with Crippen LogP contribution in [0.5, 0.6) is 5.75 Å². The smallest absolute Gasteiger partial charge is 0.266 e. The summed E-state index contributed by atoms with van der Waals surface area (Å²) < 4.78 is 5.75. The number of hydrogen-bond donors (Lipinski definition) is 1. The second kappa shape index (κ2) is 8.02. The Morgan fingerprint density at radius 3 is 2.68 bits per heavy atom. The fourth-order valence-corrected chi connectivity index (χ4v) is 3.74. The third-order valence-corrected chi connectivity index (χ3v) is 5.28. The zero-order valence-corrected chi connectivity index (χ0v) is 16.1. The van der Waals surface area contributed by atoms with Crippen LogP contribution in [0.4, 0.5) is 5.69 Å². The minimum atomic E-state index is -0.771. The average Bonchev–Trinajstić information content (AvgIpc) is 2.69. The molecule has 28 heavy (non-hydrogen) atoms. The number of rotatable bonds is 4. The number of carbonyl (C=O) groups is 2. The number of anilines is 1. The largest absolute Gasteiger partial charge is 0.478 e. The second-order valence-corrected chi connectivity index (χ2v) is 7.44. The fraction of sp³-hybridized carbons (Fsp3) is 0.364. The Morgan fingerprint density at radius 1 is 1.11 bits per heavy atom. The summed E-state index contributed by atoms with van der Waals surface area (Å²) in [7, 11) is 0. The van der Waals surface area contributed by atoms with Crippen LogP contribution in [0, 0.1) is 6.92 Å². The van der Waals surface area contributed by atoms with E-state index in [0.29, 0.717) is 24.5 Å². The van der Waals surface area contributed by atoms with E-state index < -0.39 is 6.10 Å². The highest BCUT2D eigenvalue weighted by Crippen LogP contribution is 2.29. The number of piperazine rings is 1. The fourth-order valence-electron chi connectivity index (χ4n) is 3.74. The Hall–Kier alpha value is -2.86. The first kappa shape index (κ1) is 18.5. The van der Waals surface area contributed by atoms with Crippen LogP contribution in [0.15, 0.2) is 48.5 Å². The van der Waals surface area contributed by atoms with Crippen LogP contribution >= 0.6 is 0 Å². The Morgan fingerprint density at radius 2 is 1.89 bits per heavy atom. The van der Waals surface area contributed by atoms with E-state index >= 15 is 0 Å². The Bertz CT molecular complexity index is 875. The van der Waals surface area contributed by atoms with Gasteiger partial charge < -0.3 is 15.0 Å². The molecule has 0 saturated carbocycles. The molecular weight excluding hydrogens is 354 g/mol. The van der Waals surface area contributed by atoms with E-state index in [2.05, 4.69) is 41.4 Å². The maximum absolute atomic E-state index is 12.7. The maximum atomic E-state index is 12.7. The van der Waals surface area contributed by atoms with E-state index in [1.54, 1.807) is 12.1 Å². The molecule has 2 amide bonds. The first-order valence-corrected chi connectivity index (χ1v) is 9.71. The van der Waals surface area contributed by atoms with Crippen molar-refractivity contribution in [3.63, 3.8) is 0 Å². The van der Waals surface area contributed by atoms with Gasteiger partial charge in [0.1, 0.15) is 5.75 Å². The molecule has 2 aromatic carbocycles. The number of fused-ring (bicyclic) bond motifs is 1. The lowest BCUT2D eigenvalue weighted by Gasteiger charge is -2.35. The Labute approximate surface area is 165 Å². The molecule has 2 heterocycles. The van der Waals surface area contributed by atoms with Crippen molar-refractivity contribution in [2.45, 2.75) is 26.0 Å². The quantitative estimate of drug-likeness (QED) is 0.886. The molecule has 0 bridgehead atoms. The number of nitrogens with one attached hydrogen (secondary N) is 1. The van der Waals surface area contributed by atoms with Crippen LogP contribution in [-0.2, 0) is 16.1 Å². The number of carbonyl (C=O) groups excluding carboxylic acids is 2. The van der Waals surface area contributed by atoms with Crippen molar-refractivity contribution < 1.29 is 14.3 Å². The summed E-state index contributed by atoms with van der Waals surface area (Å²) in [6.07, 6.45) is -0.703. The summed E-state index contributed by atoms with van der Waals surface area (Å²) in [5.41, 5.74) is 3.21. The molecule has 0 unspecified atom stereocenters. The van der Waals surface area contributed by atoms with Gasteiger partial charge in [-0.1, -0.05) is 42.0 Å². The van der Waals surface area contributed by atoms with Gasteiger partial charge in [-0.15, -0.1) is 0 Å². The third kappa shape index (κ3) is 4.17. The number of aryl methyl sites for hydroxylation is 1. The normalized spacial score (nSPS) is 19.5. The minimum Gasteiger partial charge on any atom is -0.478 e. The van der Waals surface area contributed by atoms with Gasteiger partial charge in [0, 0.05) is 32.7 Å². The summed E-state index contributed by atoms with van der Waals surface area (Å²) >= 11 is 0. The molecule has 2 aromatic rings. The van der Waals surface area contributed by atoms with Gasteiger partial charge in [0.05, 0.1) is 12.1 Å². The zero-order valence-electron chi connectivity index (χ0n) is 16.1. The van der Waals surface area contributed by atoms with Crippen molar-refractivity contribution in [2.75, 3.05) is 31.5 Å². The SMILES string of the molecule is Cc1cccc(CN2CCN(C(=O)C[C@@H]3Oc4ccccc4NC3=O)CC2)c1. The van der Waals surface area contributed by atoms with E-state index in [4.69, 9.17) is 4.74 Å². The van der Waals surface area contributed by atoms with E-state index in [-0.39, 0.29) is 18.2 Å². The van der Waals surface area contributed by atoms with Gasteiger partial charge in [0.2, 0.25) is 5.91 Å². The molecule has 1 fully saturated rings. The van der Waals surface area contributed by atoms with Crippen LogP contribution in [0.2, 0.25) is 0 Å². The highest BCUT2D eigenvalue weighted by atomic mass is 16.5. The van der Waals surface area contributed by atoms with E-state index in [9.17, 15) is 9.59 Å². The molecular formula is C22H25N3O3. The predicted octanol–water partition coefficient (Wildman–Crippen LogP) is 2.43. The van der Waals surface area contributed by atoms with E-state index in [1.807, 2.05) is 17.0 Å². The summed E-state index contributed by atoms with van der Waals surface area (Å²) in [5.74, 6) is 0.322. The molecule has 4 rings (SSSR count). The first-order valence-electron chi connectivity index (χ1n) is 9.71. The third-order valence-electron chi connectivity index (χ3n) is 5.28. The lowest BCUT2D eigenvalue weighted by Crippen LogP contribution is -2.50. The van der Waals surface area contributed by atoms with Crippen molar-refractivity contribution in [3.8, 4) is 5.75 Å². The number of nitrogens with zero attached hydrogens (tertiary/aromatic N) is 2. The molecule has 2 aliphatic rings. The molecule has 146 valence electrons. The molecule has 1 saturated heterocycles. The number of para-hydroxylation sites is 2. The molecule has 2 aliphatic heterocycles. The van der Waals surface area contributed by atoms with Crippen LogP contribution in [0.25, 0.3) is 0 Å². The van der Waals surface area contributed by atoms with Gasteiger partial charge in [0.15, 0.2) is 6.10 Å². The summed E-state index contributed by atoms with van der Waals surface area (Å²) in [6, 6.07) is 15.8. The lowest BCUT2D eigenvalue weighted by molar-refractivity contribution is -0.138. The van der Waals surface area contributed by atoms with Crippen LogP contribution in [0.3, 0.4) is 0 Å². The topological polar surface area (TPSA) is 61.9 Å². The molecule has 6 nitrogen and oxygen atoms in total. The maximum Gasteiger partial charge on any atom is 0.266 e. The number of amides is 2. The summed E-state index contributed by atoms with van der Waals surface area (Å²) in [5, 5.41) is 2.81. The van der Waals surface area contributed by atoms with Gasteiger partial charge in [-0.2, -0.15) is 0 Å². The molecule has 0 radical (unpaired) electrons.